The van der Waals surface area contributed by atoms with Gasteiger partial charge in [0, 0.05) is 17.5 Å². The normalized spacial score (nSPS) is 40.8. The van der Waals surface area contributed by atoms with Crippen LogP contribution in [0.4, 0.5) is 0 Å². The Hall–Kier alpha value is -0.760. The maximum Gasteiger partial charge on any atom is 0.332 e. The first-order valence-electron chi connectivity index (χ1n) is 14.3. The number of carbonyl (C=O) groups is 1. The molecule has 0 aromatic heterocycles. The van der Waals surface area contributed by atoms with Crippen LogP contribution in [0.3, 0.4) is 0 Å². The lowest BCUT2D eigenvalue weighted by atomic mass is 9.47. The van der Waals surface area contributed by atoms with E-state index in [-0.39, 0.29) is 12.1 Å². The summed E-state index contributed by atoms with van der Waals surface area (Å²) in [6.45, 7) is 14.2. The molecule has 4 aliphatic rings. The topological polar surface area (TPSA) is 26.3 Å². The number of ether oxygens (including phenoxy) is 1. The number of carbonyl (C=O) groups excluding carboxylic acids is 1. The summed E-state index contributed by atoms with van der Waals surface area (Å²) in [6.07, 6.45) is 18.2. The van der Waals surface area contributed by atoms with Crippen LogP contribution in [-0.4, -0.2) is 12.1 Å². The van der Waals surface area contributed by atoms with Gasteiger partial charge in [-0.1, -0.05) is 77.1 Å². The van der Waals surface area contributed by atoms with Gasteiger partial charge in [-0.2, -0.15) is 0 Å². The molecule has 8 atom stereocenters. The average Bonchev–Trinajstić information content (AvgIpc) is 3.10. The predicted molar refractivity (Wildman–Crippen MR) is 143 cm³/mol. The van der Waals surface area contributed by atoms with E-state index >= 15 is 0 Å². The van der Waals surface area contributed by atoms with Crippen molar-refractivity contribution in [3.05, 3.63) is 22.8 Å². The Morgan fingerprint density at radius 1 is 1.12 bits per heavy atom. The van der Waals surface area contributed by atoms with Crippen molar-refractivity contribution in [3.63, 3.8) is 0 Å². The molecule has 2 nitrogen and oxygen atoms in total. The van der Waals surface area contributed by atoms with Crippen molar-refractivity contribution in [2.24, 2.45) is 46.3 Å². The third-order valence-corrected chi connectivity index (χ3v) is 11.0. The summed E-state index contributed by atoms with van der Waals surface area (Å²) in [6, 6.07) is 0. The van der Waals surface area contributed by atoms with E-state index in [1.165, 1.54) is 57.4 Å². The van der Waals surface area contributed by atoms with Crippen molar-refractivity contribution in [1.82, 2.24) is 0 Å². The van der Waals surface area contributed by atoms with Crippen LogP contribution in [0.2, 0.25) is 0 Å². The zero-order valence-corrected chi connectivity index (χ0v) is 23.4. The maximum atomic E-state index is 12.1. The molecule has 0 amide bonds. The molecule has 0 spiro atoms. The second-order valence-electron chi connectivity index (χ2n) is 13.3. The number of fused-ring (bicyclic) bond motifs is 5. The summed E-state index contributed by atoms with van der Waals surface area (Å²) in [4.78, 5) is 12.1. The molecule has 0 aromatic carbocycles. The van der Waals surface area contributed by atoms with E-state index < -0.39 is 0 Å². The van der Waals surface area contributed by atoms with Gasteiger partial charge in [0.25, 0.3) is 0 Å². The van der Waals surface area contributed by atoms with E-state index in [1.54, 1.807) is 12.5 Å². The molecule has 0 aliphatic heterocycles. The second-order valence-corrected chi connectivity index (χ2v) is 13.9. The minimum atomic E-state index is -0.289. The largest absolute Gasteiger partial charge is 0.459 e. The number of halogens is 1. The Morgan fingerprint density at radius 3 is 2.59 bits per heavy atom. The molecule has 0 aromatic rings. The highest BCUT2D eigenvalue weighted by atomic mass is 35.5. The number of rotatable bonds is 7. The molecular weight excluding hydrogens is 440 g/mol. The van der Waals surface area contributed by atoms with E-state index in [0.717, 1.165) is 54.8 Å². The van der Waals surface area contributed by atoms with Crippen molar-refractivity contribution < 1.29 is 9.53 Å². The van der Waals surface area contributed by atoms with Crippen molar-refractivity contribution in [3.8, 4) is 0 Å². The molecule has 3 saturated carbocycles. The SMILES string of the molecule is C/C(Cl)=C\C(=O)O[C@H]1CC[C@@]2(C)C(=CC[C@H]3[C@H]4CC[C@@H]([C@H](C)CCCC(C)C)[C@@]4(C)CC[C@@H]32)C1. The maximum absolute atomic E-state index is 12.1. The van der Waals surface area contributed by atoms with Gasteiger partial charge in [0.2, 0.25) is 0 Å². The Bertz CT molecular complexity index is 808. The molecule has 0 bridgehead atoms. The minimum Gasteiger partial charge on any atom is -0.459 e. The van der Waals surface area contributed by atoms with Crippen LogP contribution in [0.5, 0.6) is 0 Å². The molecule has 0 N–H and O–H groups in total. The van der Waals surface area contributed by atoms with Crippen LogP contribution in [0.25, 0.3) is 0 Å². The fourth-order valence-electron chi connectivity index (χ4n) is 9.11. The first-order valence-corrected chi connectivity index (χ1v) is 14.7. The number of hydrogen-bond donors (Lipinski definition) is 0. The van der Waals surface area contributed by atoms with E-state index in [0.29, 0.717) is 15.9 Å². The summed E-state index contributed by atoms with van der Waals surface area (Å²) >= 11 is 5.87. The standard InChI is InChI=1S/C31H49ClO2/c1-20(2)8-7-9-21(3)26-12-13-27-25-11-10-23-19-24(34-29(33)18-22(4)32)14-16-30(23,5)28(25)15-17-31(26,27)6/h10,18,20-21,24-28H,7-9,11-17,19H2,1-6H3/b22-18+/t21-,24+,25+,26+,27-,28+,30+,31-/m1/s1. The molecule has 4 aliphatic carbocycles. The van der Waals surface area contributed by atoms with Crippen molar-refractivity contribution in [1.29, 1.82) is 0 Å². The minimum absolute atomic E-state index is 0.00653. The van der Waals surface area contributed by atoms with Gasteiger partial charge in [0.1, 0.15) is 6.10 Å². The van der Waals surface area contributed by atoms with Crippen molar-refractivity contribution >= 4 is 17.6 Å². The Balaban J connectivity index is 1.44. The van der Waals surface area contributed by atoms with Gasteiger partial charge in [0.05, 0.1) is 0 Å². The van der Waals surface area contributed by atoms with Crippen LogP contribution in [0, 0.1) is 46.3 Å². The molecule has 0 radical (unpaired) electrons. The zero-order valence-electron chi connectivity index (χ0n) is 22.7. The highest BCUT2D eigenvalue weighted by molar-refractivity contribution is 6.30. The highest BCUT2D eigenvalue weighted by Crippen LogP contribution is 2.67. The third-order valence-electron chi connectivity index (χ3n) is 10.9. The summed E-state index contributed by atoms with van der Waals surface area (Å²) in [5.41, 5.74) is 2.41. The molecule has 0 saturated heterocycles. The van der Waals surface area contributed by atoms with Crippen LogP contribution in [0.1, 0.15) is 112 Å². The average molecular weight is 489 g/mol. The Labute approximate surface area is 214 Å². The molecule has 192 valence electrons. The first kappa shape index (κ1) is 26.3. The van der Waals surface area contributed by atoms with E-state index in [4.69, 9.17) is 16.3 Å². The fourth-order valence-corrected chi connectivity index (χ4v) is 9.20. The van der Waals surface area contributed by atoms with Gasteiger partial charge < -0.3 is 4.74 Å². The molecule has 3 heteroatoms. The van der Waals surface area contributed by atoms with Gasteiger partial charge in [0.15, 0.2) is 0 Å². The molecule has 0 unspecified atom stereocenters. The molecule has 4 rings (SSSR count). The highest BCUT2D eigenvalue weighted by Gasteiger charge is 2.59. The first-order chi connectivity index (χ1) is 16.0. The third kappa shape index (κ3) is 5.05. The van der Waals surface area contributed by atoms with E-state index in [1.807, 2.05) is 0 Å². The lowest BCUT2D eigenvalue weighted by Crippen LogP contribution is -2.51. The fraction of sp³-hybridized carbons (Fsp3) is 0.839. The summed E-state index contributed by atoms with van der Waals surface area (Å²) in [7, 11) is 0. The number of esters is 1. The lowest BCUT2D eigenvalue weighted by molar-refractivity contribution is -0.145. The van der Waals surface area contributed by atoms with Gasteiger partial charge in [-0.25, -0.2) is 4.79 Å². The van der Waals surface area contributed by atoms with E-state index in [2.05, 4.69) is 40.7 Å². The van der Waals surface area contributed by atoms with Gasteiger partial charge >= 0.3 is 5.97 Å². The molecule has 3 fully saturated rings. The molecular formula is C31H49ClO2. The second kappa shape index (κ2) is 10.3. The van der Waals surface area contributed by atoms with Crippen LogP contribution in [0.15, 0.2) is 22.8 Å². The summed E-state index contributed by atoms with van der Waals surface area (Å²) in [5.74, 6) is 4.87. The van der Waals surface area contributed by atoms with Crippen molar-refractivity contribution in [2.75, 3.05) is 0 Å². The quantitative estimate of drug-likeness (QED) is 0.203. The number of allylic oxidation sites excluding steroid dienone is 2. The predicted octanol–water partition coefficient (Wildman–Crippen LogP) is 9.08. The molecule has 34 heavy (non-hydrogen) atoms. The molecule has 0 heterocycles. The smallest absolute Gasteiger partial charge is 0.332 e. The van der Waals surface area contributed by atoms with Gasteiger partial charge in [-0.05, 0) is 98.2 Å². The summed E-state index contributed by atoms with van der Waals surface area (Å²) < 4.78 is 5.76. The van der Waals surface area contributed by atoms with Crippen LogP contribution < -0.4 is 0 Å². The van der Waals surface area contributed by atoms with E-state index in [9.17, 15) is 4.79 Å². The van der Waals surface area contributed by atoms with Gasteiger partial charge in [-0.15, -0.1) is 0 Å². The Morgan fingerprint density at radius 2 is 1.88 bits per heavy atom. The van der Waals surface area contributed by atoms with Crippen molar-refractivity contribution in [2.45, 2.75) is 118 Å². The van der Waals surface area contributed by atoms with Crippen LogP contribution >= 0.6 is 11.6 Å². The monoisotopic (exact) mass is 488 g/mol. The van der Waals surface area contributed by atoms with Gasteiger partial charge in [-0.3, -0.25) is 0 Å². The lowest BCUT2D eigenvalue weighted by Gasteiger charge is -2.58. The Kier molecular flexibility index (Phi) is 7.98. The van der Waals surface area contributed by atoms with Crippen LogP contribution in [-0.2, 0) is 9.53 Å². The number of hydrogen-bond acceptors (Lipinski definition) is 2. The zero-order chi connectivity index (χ0) is 24.7. The summed E-state index contributed by atoms with van der Waals surface area (Å²) in [5, 5.41) is 0.486.